The zero-order valence-electron chi connectivity index (χ0n) is 15.1. The van der Waals surface area contributed by atoms with E-state index in [2.05, 4.69) is 5.32 Å². The van der Waals surface area contributed by atoms with Crippen LogP contribution >= 0.6 is 11.6 Å². The number of carbonyl (C=O) groups excluding carboxylic acids is 1. The smallest absolute Gasteiger partial charge is 0.252 e. The Hall–Kier alpha value is -2.98. The molecule has 4 nitrogen and oxygen atoms in total. The summed E-state index contributed by atoms with van der Waals surface area (Å²) in [5.74, 6) is 0.874. The zero-order valence-corrected chi connectivity index (χ0v) is 15.9. The van der Waals surface area contributed by atoms with E-state index in [0.29, 0.717) is 22.1 Å². The third-order valence-corrected chi connectivity index (χ3v) is 4.51. The molecule has 0 radical (unpaired) electrons. The highest BCUT2D eigenvalue weighted by atomic mass is 35.5. The molecule has 27 heavy (non-hydrogen) atoms. The molecule has 0 bridgehead atoms. The van der Waals surface area contributed by atoms with Crippen molar-refractivity contribution in [3.8, 4) is 11.5 Å². The number of ether oxygens (including phenoxy) is 2. The Kier molecular flexibility index (Phi) is 5.99. The Morgan fingerprint density at radius 2 is 1.48 bits per heavy atom. The Labute approximate surface area is 163 Å². The molecule has 138 valence electrons. The summed E-state index contributed by atoms with van der Waals surface area (Å²) in [7, 11) is 3.10. The summed E-state index contributed by atoms with van der Waals surface area (Å²) in [6.07, 6.45) is 0. The molecule has 0 aliphatic carbocycles. The molecule has 3 aromatic rings. The van der Waals surface area contributed by atoms with Gasteiger partial charge in [0, 0.05) is 10.6 Å². The number of carbonyl (C=O) groups is 1. The van der Waals surface area contributed by atoms with Gasteiger partial charge in [0.2, 0.25) is 0 Å². The third-order valence-electron chi connectivity index (χ3n) is 4.26. The summed E-state index contributed by atoms with van der Waals surface area (Å²) in [6, 6.07) is 22.0. The predicted octanol–water partition coefficient (Wildman–Crippen LogP) is 4.88. The van der Waals surface area contributed by atoms with E-state index in [1.807, 2.05) is 54.6 Å². The number of halogens is 1. The van der Waals surface area contributed by atoms with Crippen LogP contribution in [0.1, 0.15) is 27.5 Å². The van der Waals surface area contributed by atoms with Crippen LogP contribution in [-0.2, 0) is 0 Å². The van der Waals surface area contributed by atoms with Crippen molar-refractivity contribution in [2.45, 2.75) is 6.04 Å². The molecule has 0 unspecified atom stereocenters. The van der Waals surface area contributed by atoms with Gasteiger partial charge in [-0.3, -0.25) is 4.79 Å². The molecular formula is C22H20ClNO3. The van der Waals surface area contributed by atoms with Gasteiger partial charge < -0.3 is 14.8 Å². The summed E-state index contributed by atoms with van der Waals surface area (Å²) < 4.78 is 10.5. The topological polar surface area (TPSA) is 47.6 Å². The SMILES string of the molecule is COc1ccc(C(=O)N[C@@H](c2ccccc2)c2ccc(Cl)cc2)cc1OC. The molecule has 0 saturated heterocycles. The van der Waals surface area contributed by atoms with Crippen LogP contribution in [0.2, 0.25) is 5.02 Å². The first-order chi connectivity index (χ1) is 13.1. The summed E-state index contributed by atoms with van der Waals surface area (Å²) in [4.78, 5) is 12.9. The van der Waals surface area contributed by atoms with Crippen LogP contribution in [0.25, 0.3) is 0 Å². The summed E-state index contributed by atoms with van der Waals surface area (Å²) in [5.41, 5.74) is 2.41. The minimum absolute atomic E-state index is 0.209. The lowest BCUT2D eigenvalue weighted by Gasteiger charge is -2.20. The maximum absolute atomic E-state index is 12.9. The second-order valence-corrected chi connectivity index (χ2v) is 6.37. The first-order valence-electron chi connectivity index (χ1n) is 8.45. The monoisotopic (exact) mass is 381 g/mol. The van der Waals surface area contributed by atoms with E-state index in [0.717, 1.165) is 11.1 Å². The fraction of sp³-hybridized carbons (Fsp3) is 0.136. The molecule has 0 fully saturated rings. The van der Waals surface area contributed by atoms with Crippen molar-refractivity contribution in [1.82, 2.24) is 5.32 Å². The molecule has 3 rings (SSSR count). The van der Waals surface area contributed by atoms with Gasteiger partial charge in [0.1, 0.15) is 0 Å². The molecule has 0 spiro atoms. The number of amides is 1. The minimum Gasteiger partial charge on any atom is -0.493 e. The fourth-order valence-corrected chi connectivity index (χ4v) is 2.98. The molecule has 0 saturated carbocycles. The first kappa shape index (κ1) is 18.8. The lowest BCUT2D eigenvalue weighted by molar-refractivity contribution is 0.0942. The van der Waals surface area contributed by atoms with Crippen molar-refractivity contribution in [1.29, 1.82) is 0 Å². The molecule has 0 heterocycles. The van der Waals surface area contributed by atoms with Crippen LogP contribution in [0.5, 0.6) is 11.5 Å². The molecule has 0 aliphatic rings. The van der Waals surface area contributed by atoms with Crippen molar-refractivity contribution < 1.29 is 14.3 Å². The molecule has 5 heteroatoms. The van der Waals surface area contributed by atoms with Gasteiger partial charge in [-0.15, -0.1) is 0 Å². The van der Waals surface area contributed by atoms with Gasteiger partial charge in [0.15, 0.2) is 11.5 Å². The molecule has 3 aromatic carbocycles. The standard InChI is InChI=1S/C22H20ClNO3/c1-26-19-13-10-17(14-20(19)27-2)22(25)24-21(15-6-4-3-5-7-15)16-8-11-18(23)12-9-16/h3-14,21H,1-2H3,(H,24,25)/t21-/m0/s1. The van der Waals surface area contributed by atoms with Crippen LogP contribution in [0.15, 0.2) is 72.8 Å². The van der Waals surface area contributed by atoms with Crippen molar-refractivity contribution in [2.24, 2.45) is 0 Å². The lowest BCUT2D eigenvalue weighted by Crippen LogP contribution is -2.29. The predicted molar refractivity (Wildman–Crippen MR) is 107 cm³/mol. The van der Waals surface area contributed by atoms with Crippen molar-refractivity contribution in [2.75, 3.05) is 14.2 Å². The van der Waals surface area contributed by atoms with E-state index in [4.69, 9.17) is 21.1 Å². The highest BCUT2D eigenvalue weighted by Crippen LogP contribution is 2.29. The molecule has 0 aliphatic heterocycles. The maximum atomic E-state index is 12.9. The highest BCUT2D eigenvalue weighted by molar-refractivity contribution is 6.30. The Balaban J connectivity index is 1.92. The summed E-state index contributed by atoms with van der Waals surface area (Å²) in [6.45, 7) is 0. The quantitative estimate of drug-likeness (QED) is 0.662. The number of methoxy groups -OCH3 is 2. The molecular weight excluding hydrogens is 362 g/mol. The van der Waals surface area contributed by atoms with Crippen LogP contribution in [0, 0.1) is 0 Å². The first-order valence-corrected chi connectivity index (χ1v) is 8.83. The molecule has 0 aromatic heterocycles. The van der Waals surface area contributed by atoms with Crippen LogP contribution in [0.3, 0.4) is 0 Å². The largest absolute Gasteiger partial charge is 0.493 e. The van der Waals surface area contributed by atoms with Gasteiger partial charge in [-0.1, -0.05) is 54.1 Å². The normalized spacial score (nSPS) is 11.5. The van der Waals surface area contributed by atoms with E-state index in [9.17, 15) is 4.79 Å². The second kappa shape index (κ2) is 8.60. The fourth-order valence-electron chi connectivity index (χ4n) is 2.85. The van der Waals surface area contributed by atoms with Gasteiger partial charge in [-0.05, 0) is 41.5 Å². The molecule has 1 atom stereocenters. The van der Waals surface area contributed by atoms with Crippen molar-refractivity contribution in [3.05, 3.63) is 94.5 Å². The Bertz CT molecular complexity index is 911. The van der Waals surface area contributed by atoms with Gasteiger partial charge >= 0.3 is 0 Å². The van der Waals surface area contributed by atoms with E-state index in [-0.39, 0.29) is 11.9 Å². The maximum Gasteiger partial charge on any atom is 0.252 e. The Morgan fingerprint density at radius 3 is 2.11 bits per heavy atom. The number of hydrogen-bond donors (Lipinski definition) is 1. The number of benzene rings is 3. The molecule has 1 N–H and O–H groups in total. The van der Waals surface area contributed by atoms with Gasteiger partial charge in [-0.25, -0.2) is 0 Å². The summed E-state index contributed by atoms with van der Waals surface area (Å²) in [5, 5.41) is 3.75. The average Bonchev–Trinajstić information content (AvgIpc) is 2.72. The Morgan fingerprint density at radius 1 is 0.852 bits per heavy atom. The van der Waals surface area contributed by atoms with Crippen LogP contribution in [-0.4, -0.2) is 20.1 Å². The zero-order chi connectivity index (χ0) is 19.2. The minimum atomic E-state index is -0.302. The third kappa shape index (κ3) is 4.41. The lowest BCUT2D eigenvalue weighted by atomic mass is 9.98. The van der Waals surface area contributed by atoms with Gasteiger partial charge in [0.05, 0.1) is 20.3 Å². The number of hydrogen-bond acceptors (Lipinski definition) is 3. The highest BCUT2D eigenvalue weighted by Gasteiger charge is 2.19. The average molecular weight is 382 g/mol. The van der Waals surface area contributed by atoms with E-state index >= 15 is 0 Å². The van der Waals surface area contributed by atoms with E-state index < -0.39 is 0 Å². The number of rotatable bonds is 6. The van der Waals surface area contributed by atoms with Crippen molar-refractivity contribution in [3.63, 3.8) is 0 Å². The van der Waals surface area contributed by atoms with Crippen molar-refractivity contribution >= 4 is 17.5 Å². The summed E-state index contributed by atoms with van der Waals surface area (Å²) >= 11 is 6.01. The molecule has 1 amide bonds. The second-order valence-electron chi connectivity index (χ2n) is 5.94. The van der Waals surface area contributed by atoms with Gasteiger partial charge in [-0.2, -0.15) is 0 Å². The number of nitrogens with one attached hydrogen (secondary N) is 1. The van der Waals surface area contributed by atoms with E-state index in [1.54, 1.807) is 32.4 Å². The van der Waals surface area contributed by atoms with Crippen LogP contribution in [0.4, 0.5) is 0 Å². The van der Waals surface area contributed by atoms with E-state index in [1.165, 1.54) is 0 Å². The van der Waals surface area contributed by atoms with Gasteiger partial charge in [0.25, 0.3) is 5.91 Å². The van der Waals surface area contributed by atoms with Crippen LogP contribution < -0.4 is 14.8 Å².